The molecule has 1 aromatic carbocycles. The Kier molecular flexibility index (Phi) is 3.03. The molecule has 1 saturated heterocycles. The van der Waals surface area contributed by atoms with E-state index >= 15 is 0 Å². The molecule has 2 rings (SSSR count). The highest BCUT2D eigenvalue weighted by molar-refractivity contribution is 5.24. The Morgan fingerprint density at radius 3 is 2.80 bits per heavy atom. The lowest BCUT2D eigenvalue weighted by molar-refractivity contribution is 0.0479. The summed E-state index contributed by atoms with van der Waals surface area (Å²) in [6.07, 6.45) is 0. The number of hydrogen-bond acceptors (Lipinski definition) is 2. The number of aliphatic hydroxyl groups excluding tert-OH is 1. The minimum Gasteiger partial charge on any atom is -0.396 e. The largest absolute Gasteiger partial charge is 0.396 e. The van der Waals surface area contributed by atoms with Crippen molar-refractivity contribution in [3.05, 3.63) is 35.1 Å². The normalized spacial score (nSPS) is 17.8. The molecule has 0 spiro atoms. The van der Waals surface area contributed by atoms with Crippen molar-refractivity contribution < 1.29 is 9.50 Å². The average Bonchev–Trinajstić information content (AvgIpc) is 2.16. The lowest BCUT2D eigenvalue weighted by atomic mass is 10.00. The molecule has 0 amide bonds. The predicted octanol–water partition coefficient (Wildman–Crippen LogP) is 1.56. The van der Waals surface area contributed by atoms with Gasteiger partial charge in [-0.3, -0.25) is 4.90 Å². The van der Waals surface area contributed by atoms with Gasteiger partial charge >= 0.3 is 0 Å². The summed E-state index contributed by atoms with van der Waals surface area (Å²) in [5.41, 5.74) is 1.84. The smallest absolute Gasteiger partial charge is 0.126 e. The number of rotatable bonds is 3. The van der Waals surface area contributed by atoms with Crippen LogP contribution >= 0.6 is 0 Å². The molecule has 0 saturated carbocycles. The summed E-state index contributed by atoms with van der Waals surface area (Å²) in [6, 6.07) is 5.24. The van der Waals surface area contributed by atoms with Crippen LogP contribution < -0.4 is 0 Å². The summed E-state index contributed by atoms with van der Waals surface area (Å²) in [5, 5.41) is 8.87. The van der Waals surface area contributed by atoms with Crippen LogP contribution in [-0.2, 0) is 6.54 Å². The molecule has 0 atom stereocenters. The van der Waals surface area contributed by atoms with Crippen LogP contribution in [0.15, 0.2) is 18.2 Å². The highest BCUT2D eigenvalue weighted by Gasteiger charge is 2.25. The minimum absolute atomic E-state index is 0.143. The highest BCUT2D eigenvalue weighted by atomic mass is 19.1. The van der Waals surface area contributed by atoms with Gasteiger partial charge in [-0.25, -0.2) is 4.39 Å². The maximum Gasteiger partial charge on any atom is 0.126 e. The van der Waals surface area contributed by atoms with Crippen LogP contribution in [-0.4, -0.2) is 29.7 Å². The van der Waals surface area contributed by atoms with Gasteiger partial charge in [-0.15, -0.1) is 0 Å². The van der Waals surface area contributed by atoms with Crippen LogP contribution in [0.2, 0.25) is 0 Å². The summed E-state index contributed by atoms with van der Waals surface area (Å²) in [7, 11) is 0. The fourth-order valence-corrected chi connectivity index (χ4v) is 1.98. The third-order valence-corrected chi connectivity index (χ3v) is 2.92. The molecule has 2 nitrogen and oxygen atoms in total. The van der Waals surface area contributed by atoms with E-state index in [0.29, 0.717) is 11.5 Å². The standard InChI is InChI=1S/C12H16FNO/c1-9-4-10(2-3-12(9)13)5-14-6-11(7-14)8-15/h2-4,11,15H,5-8H2,1H3. The predicted molar refractivity (Wildman–Crippen MR) is 57.0 cm³/mol. The molecule has 1 aliphatic heterocycles. The molecule has 0 unspecified atom stereocenters. The quantitative estimate of drug-likeness (QED) is 0.816. The molecule has 1 N–H and O–H groups in total. The van der Waals surface area contributed by atoms with Crippen molar-refractivity contribution in [3.8, 4) is 0 Å². The van der Waals surface area contributed by atoms with E-state index in [1.54, 1.807) is 6.92 Å². The second-order valence-corrected chi connectivity index (χ2v) is 4.33. The lowest BCUT2D eigenvalue weighted by Gasteiger charge is -2.38. The van der Waals surface area contributed by atoms with E-state index in [9.17, 15) is 4.39 Å². The van der Waals surface area contributed by atoms with Gasteiger partial charge in [-0.05, 0) is 24.1 Å². The second kappa shape index (κ2) is 4.29. The first kappa shape index (κ1) is 10.6. The van der Waals surface area contributed by atoms with Crippen LogP contribution in [0, 0.1) is 18.7 Å². The number of benzene rings is 1. The molecule has 15 heavy (non-hydrogen) atoms. The van der Waals surface area contributed by atoms with Crippen LogP contribution in [0.4, 0.5) is 4.39 Å². The van der Waals surface area contributed by atoms with Gasteiger partial charge < -0.3 is 5.11 Å². The maximum atomic E-state index is 13.0. The van der Waals surface area contributed by atoms with Gasteiger partial charge in [0.15, 0.2) is 0 Å². The fourth-order valence-electron chi connectivity index (χ4n) is 1.98. The topological polar surface area (TPSA) is 23.5 Å². The minimum atomic E-state index is -0.143. The molecule has 3 heteroatoms. The first-order valence-electron chi connectivity index (χ1n) is 5.27. The Balaban J connectivity index is 1.92. The Morgan fingerprint density at radius 2 is 2.20 bits per heavy atom. The molecule has 1 aliphatic rings. The molecule has 0 aromatic heterocycles. The Hall–Kier alpha value is -0.930. The van der Waals surface area contributed by atoms with Crippen molar-refractivity contribution in [2.45, 2.75) is 13.5 Å². The summed E-state index contributed by atoms with van der Waals surface area (Å²) >= 11 is 0. The number of hydrogen-bond donors (Lipinski definition) is 1. The Labute approximate surface area is 89.3 Å². The number of aliphatic hydroxyl groups is 1. The number of halogens is 1. The zero-order chi connectivity index (χ0) is 10.8. The van der Waals surface area contributed by atoms with Crippen molar-refractivity contribution in [2.24, 2.45) is 5.92 Å². The van der Waals surface area contributed by atoms with Gasteiger partial charge in [0.05, 0.1) is 0 Å². The second-order valence-electron chi connectivity index (χ2n) is 4.33. The summed E-state index contributed by atoms with van der Waals surface area (Å²) in [6.45, 7) is 4.82. The fraction of sp³-hybridized carbons (Fsp3) is 0.500. The van der Waals surface area contributed by atoms with Crippen molar-refractivity contribution in [1.29, 1.82) is 0 Å². The number of aryl methyl sites for hydroxylation is 1. The van der Waals surface area contributed by atoms with E-state index in [-0.39, 0.29) is 12.4 Å². The zero-order valence-electron chi connectivity index (χ0n) is 8.91. The van der Waals surface area contributed by atoms with Gasteiger partial charge in [0, 0.05) is 32.2 Å². The molecule has 82 valence electrons. The number of nitrogens with zero attached hydrogens (tertiary/aromatic N) is 1. The summed E-state index contributed by atoms with van der Waals surface area (Å²) in [4.78, 5) is 2.26. The van der Waals surface area contributed by atoms with Gasteiger partial charge in [0.2, 0.25) is 0 Å². The number of likely N-dealkylation sites (tertiary alicyclic amines) is 1. The third kappa shape index (κ3) is 2.36. The van der Waals surface area contributed by atoms with E-state index < -0.39 is 0 Å². The van der Waals surface area contributed by atoms with E-state index in [1.165, 1.54) is 6.07 Å². The molecule has 0 bridgehead atoms. The molecule has 0 radical (unpaired) electrons. The van der Waals surface area contributed by atoms with Crippen molar-refractivity contribution in [1.82, 2.24) is 4.90 Å². The Bertz CT molecular complexity index is 347. The van der Waals surface area contributed by atoms with Crippen molar-refractivity contribution in [3.63, 3.8) is 0 Å². The zero-order valence-corrected chi connectivity index (χ0v) is 8.91. The highest BCUT2D eigenvalue weighted by Crippen LogP contribution is 2.19. The van der Waals surface area contributed by atoms with Crippen LogP contribution in [0.5, 0.6) is 0 Å². The SMILES string of the molecule is Cc1cc(CN2CC(CO)C2)ccc1F. The maximum absolute atomic E-state index is 13.0. The first-order chi connectivity index (χ1) is 7.19. The Morgan fingerprint density at radius 1 is 1.47 bits per heavy atom. The lowest BCUT2D eigenvalue weighted by Crippen LogP contribution is -2.47. The first-order valence-corrected chi connectivity index (χ1v) is 5.27. The van der Waals surface area contributed by atoms with Gasteiger partial charge in [-0.2, -0.15) is 0 Å². The van der Waals surface area contributed by atoms with Crippen LogP contribution in [0.25, 0.3) is 0 Å². The van der Waals surface area contributed by atoms with E-state index in [4.69, 9.17) is 5.11 Å². The van der Waals surface area contributed by atoms with Gasteiger partial charge in [0.1, 0.15) is 5.82 Å². The van der Waals surface area contributed by atoms with E-state index in [2.05, 4.69) is 4.90 Å². The van der Waals surface area contributed by atoms with Gasteiger partial charge in [0.25, 0.3) is 0 Å². The van der Waals surface area contributed by atoms with E-state index in [1.807, 2.05) is 12.1 Å². The molecular formula is C12H16FNO. The van der Waals surface area contributed by atoms with E-state index in [0.717, 1.165) is 25.2 Å². The van der Waals surface area contributed by atoms with Crippen LogP contribution in [0.3, 0.4) is 0 Å². The molecule has 0 aliphatic carbocycles. The monoisotopic (exact) mass is 209 g/mol. The van der Waals surface area contributed by atoms with Gasteiger partial charge in [-0.1, -0.05) is 12.1 Å². The van der Waals surface area contributed by atoms with Crippen molar-refractivity contribution >= 4 is 0 Å². The molecule has 1 heterocycles. The molecule has 1 aromatic rings. The van der Waals surface area contributed by atoms with Crippen molar-refractivity contribution in [2.75, 3.05) is 19.7 Å². The average molecular weight is 209 g/mol. The third-order valence-electron chi connectivity index (χ3n) is 2.92. The molecule has 1 fully saturated rings. The van der Waals surface area contributed by atoms with Crippen LogP contribution in [0.1, 0.15) is 11.1 Å². The summed E-state index contributed by atoms with van der Waals surface area (Å²) in [5.74, 6) is 0.294. The molecular weight excluding hydrogens is 193 g/mol. The summed E-state index contributed by atoms with van der Waals surface area (Å²) < 4.78 is 13.0.